The van der Waals surface area contributed by atoms with Crippen LogP contribution in [0.3, 0.4) is 0 Å². The average molecular weight is 288 g/mol. The highest BCUT2D eigenvalue weighted by atomic mass is 15.3. The van der Waals surface area contributed by atoms with Gasteiger partial charge in [0.05, 0.1) is 0 Å². The lowest BCUT2D eigenvalue weighted by Gasteiger charge is -2.45. The summed E-state index contributed by atoms with van der Waals surface area (Å²) >= 11 is 0. The lowest BCUT2D eigenvalue weighted by molar-refractivity contribution is 0.0646. The highest BCUT2D eigenvalue weighted by Gasteiger charge is 2.32. The molecule has 21 heavy (non-hydrogen) atoms. The van der Waals surface area contributed by atoms with Gasteiger partial charge in [-0.05, 0) is 30.7 Å². The largest absolute Gasteiger partial charge is 0.307 e. The highest BCUT2D eigenvalue weighted by Crippen LogP contribution is 2.26. The van der Waals surface area contributed by atoms with Crippen molar-refractivity contribution in [3.8, 4) is 0 Å². The maximum absolute atomic E-state index is 3.78. The van der Waals surface area contributed by atoms with Crippen LogP contribution in [-0.4, -0.2) is 30.1 Å². The summed E-state index contributed by atoms with van der Waals surface area (Å²) in [5, 5.41) is 3.78. The van der Waals surface area contributed by atoms with E-state index in [1.165, 1.54) is 24.8 Å². The van der Waals surface area contributed by atoms with E-state index >= 15 is 0 Å². The first kappa shape index (κ1) is 16.5. The van der Waals surface area contributed by atoms with Crippen molar-refractivity contribution < 1.29 is 0 Å². The van der Waals surface area contributed by atoms with Gasteiger partial charge in [0.15, 0.2) is 0 Å². The fourth-order valence-corrected chi connectivity index (χ4v) is 3.70. The van der Waals surface area contributed by atoms with Gasteiger partial charge in [-0.15, -0.1) is 0 Å². The van der Waals surface area contributed by atoms with Crippen molar-refractivity contribution in [1.82, 2.24) is 10.2 Å². The number of nitrogens with zero attached hydrogens (tertiary/aromatic N) is 1. The first-order chi connectivity index (χ1) is 10.2. The first-order valence-electron chi connectivity index (χ1n) is 8.69. The molecule has 0 bridgehead atoms. The monoisotopic (exact) mass is 288 g/mol. The number of hydrogen-bond donors (Lipinski definition) is 1. The molecule has 118 valence electrons. The van der Waals surface area contributed by atoms with E-state index in [2.05, 4.69) is 68.2 Å². The summed E-state index contributed by atoms with van der Waals surface area (Å²) in [6.45, 7) is 11.6. The molecule has 2 nitrogen and oxygen atoms in total. The summed E-state index contributed by atoms with van der Waals surface area (Å²) in [6, 6.07) is 12.8. The SMILES string of the molecule is CCC(CC)N1CC(c2ccccc2)NCC1CC(C)C. The molecule has 0 aliphatic carbocycles. The lowest BCUT2D eigenvalue weighted by Crippen LogP contribution is -2.56. The van der Waals surface area contributed by atoms with Crippen molar-refractivity contribution >= 4 is 0 Å². The third-order valence-electron chi connectivity index (χ3n) is 4.82. The van der Waals surface area contributed by atoms with Crippen LogP contribution in [0.5, 0.6) is 0 Å². The summed E-state index contributed by atoms with van der Waals surface area (Å²) in [7, 11) is 0. The zero-order valence-electron chi connectivity index (χ0n) is 14.2. The van der Waals surface area contributed by atoms with Crippen molar-refractivity contribution in [2.24, 2.45) is 5.92 Å². The van der Waals surface area contributed by atoms with E-state index in [1.54, 1.807) is 0 Å². The molecule has 0 amide bonds. The molecule has 1 aromatic carbocycles. The Kier molecular flexibility index (Phi) is 6.25. The number of hydrogen-bond acceptors (Lipinski definition) is 2. The average Bonchev–Trinajstić information content (AvgIpc) is 2.50. The Labute approximate surface area is 130 Å². The summed E-state index contributed by atoms with van der Waals surface area (Å²) in [5.41, 5.74) is 1.43. The van der Waals surface area contributed by atoms with Gasteiger partial charge in [0, 0.05) is 31.2 Å². The van der Waals surface area contributed by atoms with Gasteiger partial charge in [-0.1, -0.05) is 58.0 Å². The number of rotatable bonds is 6. The van der Waals surface area contributed by atoms with E-state index in [0.717, 1.165) is 25.0 Å². The van der Waals surface area contributed by atoms with Crippen LogP contribution < -0.4 is 5.32 Å². The zero-order chi connectivity index (χ0) is 15.2. The van der Waals surface area contributed by atoms with E-state index in [-0.39, 0.29) is 0 Å². The Morgan fingerprint density at radius 2 is 1.81 bits per heavy atom. The molecule has 1 saturated heterocycles. The van der Waals surface area contributed by atoms with Gasteiger partial charge in [0.2, 0.25) is 0 Å². The molecule has 1 N–H and O–H groups in total. The molecule has 0 spiro atoms. The van der Waals surface area contributed by atoms with Crippen LogP contribution >= 0.6 is 0 Å². The topological polar surface area (TPSA) is 15.3 Å². The Bertz CT molecular complexity index is 397. The molecule has 0 radical (unpaired) electrons. The minimum Gasteiger partial charge on any atom is -0.307 e. The molecule has 0 saturated carbocycles. The molecule has 1 aliphatic rings. The quantitative estimate of drug-likeness (QED) is 0.842. The Balaban J connectivity index is 2.12. The smallest absolute Gasteiger partial charge is 0.0450 e. The lowest BCUT2D eigenvalue weighted by atomic mass is 9.93. The van der Waals surface area contributed by atoms with Crippen molar-refractivity contribution in [3.63, 3.8) is 0 Å². The van der Waals surface area contributed by atoms with Crippen LogP contribution in [0.4, 0.5) is 0 Å². The second-order valence-corrected chi connectivity index (χ2v) is 6.82. The second-order valence-electron chi connectivity index (χ2n) is 6.82. The number of piperazine rings is 1. The third kappa shape index (κ3) is 4.31. The van der Waals surface area contributed by atoms with Crippen molar-refractivity contribution in [2.75, 3.05) is 13.1 Å². The van der Waals surface area contributed by atoms with E-state index in [4.69, 9.17) is 0 Å². The molecule has 1 fully saturated rings. The molecule has 2 heteroatoms. The minimum atomic E-state index is 0.482. The van der Waals surface area contributed by atoms with Crippen LogP contribution in [0, 0.1) is 5.92 Å². The first-order valence-corrected chi connectivity index (χ1v) is 8.69. The van der Waals surface area contributed by atoms with E-state index < -0.39 is 0 Å². The van der Waals surface area contributed by atoms with Crippen molar-refractivity contribution in [1.29, 1.82) is 0 Å². The van der Waals surface area contributed by atoms with Crippen LogP contribution in [-0.2, 0) is 0 Å². The summed E-state index contributed by atoms with van der Waals surface area (Å²) in [5.74, 6) is 0.766. The standard InChI is InChI=1S/C19H32N2/c1-5-17(6-2)21-14-19(16-10-8-7-9-11-16)20-13-18(21)12-15(3)4/h7-11,15,17-20H,5-6,12-14H2,1-4H3. The van der Waals surface area contributed by atoms with Gasteiger partial charge in [-0.2, -0.15) is 0 Å². The second kappa shape index (κ2) is 7.95. The van der Waals surface area contributed by atoms with Crippen LogP contribution in [0.15, 0.2) is 30.3 Å². The number of nitrogens with one attached hydrogen (secondary N) is 1. The fraction of sp³-hybridized carbons (Fsp3) is 0.684. The van der Waals surface area contributed by atoms with Gasteiger partial charge in [-0.3, -0.25) is 4.90 Å². The Hall–Kier alpha value is -0.860. The summed E-state index contributed by atoms with van der Waals surface area (Å²) < 4.78 is 0. The van der Waals surface area contributed by atoms with E-state index in [1.807, 2.05) is 0 Å². The highest BCUT2D eigenvalue weighted by molar-refractivity contribution is 5.20. The Morgan fingerprint density at radius 3 is 2.38 bits per heavy atom. The molecular weight excluding hydrogens is 256 g/mol. The van der Waals surface area contributed by atoms with Gasteiger partial charge < -0.3 is 5.32 Å². The molecule has 2 rings (SSSR count). The molecule has 2 unspecified atom stereocenters. The zero-order valence-corrected chi connectivity index (χ0v) is 14.2. The maximum Gasteiger partial charge on any atom is 0.0450 e. The third-order valence-corrected chi connectivity index (χ3v) is 4.82. The molecular formula is C19H32N2. The van der Waals surface area contributed by atoms with Gasteiger partial charge >= 0.3 is 0 Å². The van der Waals surface area contributed by atoms with Crippen LogP contribution in [0.25, 0.3) is 0 Å². The van der Waals surface area contributed by atoms with Crippen molar-refractivity contribution in [2.45, 2.75) is 65.1 Å². The number of benzene rings is 1. The molecule has 1 aliphatic heterocycles. The van der Waals surface area contributed by atoms with Gasteiger partial charge in [-0.25, -0.2) is 0 Å². The van der Waals surface area contributed by atoms with Crippen LogP contribution in [0.2, 0.25) is 0 Å². The minimum absolute atomic E-state index is 0.482. The fourth-order valence-electron chi connectivity index (χ4n) is 3.70. The maximum atomic E-state index is 3.78. The molecule has 0 aromatic heterocycles. The van der Waals surface area contributed by atoms with Gasteiger partial charge in [0.1, 0.15) is 0 Å². The molecule has 1 heterocycles. The molecule has 2 atom stereocenters. The molecule has 1 aromatic rings. The van der Waals surface area contributed by atoms with Crippen LogP contribution in [0.1, 0.15) is 58.6 Å². The predicted molar refractivity (Wildman–Crippen MR) is 91.5 cm³/mol. The normalized spacial score (nSPS) is 23.9. The Morgan fingerprint density at radius 1 is 1.14 bits per heavy atom. The predicted octanol–water partition coefficient (Wildman–Crippen LogP) is 4.24. The van der Waals surface area contributed by atoms with Gasteiger partial charge in [0.25, 0.3) is 0 Å². The van der Waals surface area contributed by atoms with E-state index in [9.17, 15) is 0 Å². The summed E-state index contributed by atoms with van der Waals surface area (Å²) in [6.07, 6.45) is 3.81. The van der Waals surface area contributed by atoms with E-state index in [0.29, 0.717) is 12.1 Å². The summed E-state index contributed by atoms with van der Waals surface area (Å²) in [4.78, 5) is 2.79. The van der Waals surface area contributed by atoms with Crippen molar-refractivity contribution in [3.05, 3.63) is 35.9 Å².